The van der Waals surface area contributed by atoms with Crippen LogP contribution < -0.4 is 10.2 Å². The summed E-state index contributed by atoms with van der Waals surface area (Å²) in [6, 6.07) is 13.2. The molecule has 29 heavy (non-hydrogen) atoms. The summed E-state index contributed by atoms with van der Waals surface area (Å²) in [6.07, 6.45) is 4.28. The number of piperidine rings is 1. The van der Waals surface area contributed by atoms with Gasteiger partial charge in [-0.3, -0.25) is 4.79 Å². The highest BCUT2D eigenvalue weighted by molar-refractivity contribution is 9.10. The Bertz CT molecular complexity index is 846. The molecule has 0 aromatic heterocycles. The summed E-state index contributed by atoms with van der Waals surface area (Å²) in [5.74, 6) is -0.373. The van der Waals surface area contributed by atoms with E-state index < -0.39 is 0 Å². The standard InChI is InChI=1S/C23H27BrN2O3/c1-2-29-23(28)18-8-6-17(7-9-18)12-13-25-22(27)20-16-19(24)10-11-21(20)26-14-4-3-5-15-26/h6-11,16H,2-5,12-15H2,1H3,(H,25,27). The first-order valence-corrected chi connectivity index (χ1v) is 11.0. The molecule has 154 valence electrons. The van der Waals surface area contributed by atoms with Crippen LogP contribution in [0.25, 0.3) is 0 Å². The molecule has 2 aromatic carbocycles. The molecule has 0 unspecified atom stereocenters. The normalized spacial score (nSPS) is 13.8. The zero-order valence-electron chi connectivity index (χ0n) is 16.7. The van der Waals surface area contributed by atoms with Gasteiger partial charge in [0.15, 0.2) is 0 Å². The number of esters is 1. The molecule has 1 aliphatic rings. The number of amides is 1. The maximum atomic E-state index is 12.8. The van der Waals surface area contributed by atoms with E-state index in [1.54, 1.807) is 19.1 Å². The Hall–Kier alpha value is -2.34. The third-order valence-corrected chi connectivity index (χ3v) is 5.56. The van der Waals surface area contributed by atoms with Gasteiger partial charge in [0.2, 0.25) is 0 Å². The van der Waals surface area contributed by atoms with Crippen LogP contribution in [0, 0.1) is 0 Å². The van der Waals surface area contributed by atoms with Crippen molar-refractivity contribution in [2.24, 2.45) is 0 Å². The number of hydrogen-bond donors (Lipinski definition) is 1. The van der Waals surface area contributed by atoms with Crippen LogP contribution in [-0.4, -0.2) is 38.1 Å². The Kier molecular flexibility index (Phi) is 7.69. The first-order chi connectivity index (χ1) is 14.1. The van der Waals surface area contributed by atoms with Gasteiger partial charge < -0.3 is 15.0 Å². The first-order valence-electron chi connectivity index (χ1n) is 10.2. The molecule has 2 aromatic rings. The quantitative estimate of drug-likeness (QED) is 0.616. The molecule has 1 fully saturated rings. The number of ether oxygens (including phenoxy) is 1. The highest BCUT2D eigenvalue weighted by Gasteiger charge is 2.18. The van der Waals surface area contributed by atoms with Gasteiger partial charge in [-0.25, -0.2) is 4.79 Å². The number of nitrogens with one attached hydrogen (secondary N) is 1. The van der Waals surface area contributed by atoms with Crippen molar-refractivity contribution in [1.82, 2.24) is 5.32 Å². The van der Waals surface area contributed by atoms with Crippen LogP contribution in [0.3, 0.4) is 0 Å². The Balaban J connectivity index is 1.59. The summed E-state index contributed by atoms with van der Waals surface area (Å²) in [5, 5.41) is 3.03. The number of rotatable bonds is 7. The molecular formula is C23H27BrN2O3. The second-order valence-electron chi connectivity index (χ2n) is 7.13. The maximum absolute atomic E-state index is 12.8. The van der Waals surface area contributed by atoms with E-state index in [9.17, 15) is 9.59 Å². The van der Waals surface area contributed by atoms with Crippen LogP contribution in [0.1, 0.15) is 52.5 Å². The number of benzene rings is 2. The third kappa shape index (κ3) is 5.82. The summed E-state index contributed by atoms with van der Waals surface area (Å²) < 4.78 is 5.90. The van der Waals surface area contributed by atoms with E-state index in [1.807, 2.05) is 30.3 Å². The second kappa shape index (κ2) is 10.4. The largest absolute Gasteiger partial charge is 0.462 e. The lowest BCUT2D eigenvalue weighted by molar-refractivity contribution is 0.0526. The number of carbonyl (C=O) groups is 2. The Morgan fingerprint density at radius 1 is 1.07 bits per heavy atom. The van der Waals surface area contributed by atoms with Crippen LogP contribution in [0.2, 0.25) is 0 Å². The first kappa shape index (κ1) is 21.4. The number of nitrogens with zero attached hydrogens (tertiary/aromatic N) is 1. The molecule has 1 heterocycles. The lowest BCUT2D eigenvalue weighted by atomic mass is 10.1. The summed E-state index contributed by atoms with van der Waals surface area (Å²) in [5.41, 5.74) is 3.31. The molecule has 5 nitrogen and oxygen atoms in total. The van der Waals surface area contributed by atoms with Crippen molar-refractivity contribution in [2.45, 2.75) is 32.6 Å². The van der Waals surface area contributed by atoms with Gasteiger partial charge >= 0.3 is 5.97 Å². The van der Waals surface area contributed by atoms with Gasteiger partial charge in [0.1, 0.15) is 0 Å². The highest BCUT2D eigenvalue weighted by Crippen LogP contribution is 2.27. The molecule has 3 rings (SSSR count). The summed E-state index contributed by atoms with van der Waals surface area (Å²) in [7, 11) is 0. The van der Waals surface area contributed by atoms with Crippen LogP contribution in [0.15, 0.2) is 46.9 Å². The molecule has 1 saturated heterocycles. The fourth-order valence-electron chi connectivity index (χ4n) is 3.54. The molecule has 1 N–H and O–H groups in total. The SMILES string of the molecule is CCOC(=O)c1ccc(CCNC(=O)c2cc(Br)ccc2N2CCCCC2)cc1. The van der Waals surface area contributed by atoms with Gasteiger partial charge in [-0.05, 0) is 68.5 Å². The second-order valence-corrected chi connectivity index (χ2v) is 8.05. The molecule has 0 spiro atoms. The number of halogens is 1. The molecule has 0 bridgehead atoms. The van der Waals surface area contributed by atoms with Gasteiger partial charge in [0.25, 0.3) is 5.91 Å². The summed E-state index contributed by atoms with van der Waals surface area (Å²) in [4.78, 5) is 26.9. The number of anilines is 1. The number of carbonyl (C=O) groups excluding carboxylic acids is 2. The van der Waals surface area contributed by atoms with E-state index in [1.165, 1.54) is 19.3 Å². The van der Waals surface area contributed by atoms with Gasteiger partial charge in [0, 0.05) is 29.8 Å². The van der Waals surface area contributed by atoms with E-state index >= 15 is 0 Å². The summed E-state index contributed by atoms with van der Waals surface area (Å²) >= 11 is 3.49. The average Bonchev–Trinajstić information content (AvgIpc) is 2.75. The number of hydrogen-bond acceptors (Lipinski definition) is 4. The van der Waals surface area contributed by atoms with Crippen molar-refractivity contribution in [2.75, 3.05) is 31.1 Å². The van der Waals surface area contributed by atoms with Gasteiger partial charge in [-0.2, -0.15) is 0 Å². The molecule has 0 saturated carbocycles. The molecule has 1 aliphatic heterocycles. The minimum atomic E-state index is -0.313. The molecule has 1 amide bonds. The Morgan fingerprint density at radius 2 is 1.79 bits per heavy atom. The van der Waals surface area contributed by atoms with Crippen LogP contribution in [0.5, 0.6) is 0 Å². The van der Waals surface area contributed by atoms with Crippen molar-refractivity contribution < 1.29 is 14.3 Å². The molecule has 0 aliphatic carbocycles. The topological polar surface area (TPSA) is 58.6 Å². The van der Waals surface area contributed by atoms with E-state index in [4.69, 9.17) is 4.74 Å². The van der Waals surface area contributed by atoms with Crippen molar-refractivity contribution in [1.29, 1.82) is 0 Å². The Morgan fingerprint density at radius 3 is 2.48 bits per heavy atom. The van der Waals surface area contributed by atoms with Gasteiger partial charge in [0.05, 0.1) is 17.7 Å². The van der Waals surface area contributed by atoms with E-state index in [0.717, 1.165) is 28.8 Å². The smallest absolute Gasteiger partial charge is 0.338 e. The van der Waals surface area contributed by atoms with Crippen LogP contribution >= 0.6 is 15.9 Å². The Labute approximate surface area is 180 Å². The van der Waals surface area contributed by atoms with Crippen molar-refractivity contribution >= 4 is 33.5 Å². The van der Waals surface area contributed by atoms with Crippen molar-refractivity contribution in [3.63, 3.8) is 0 Å². The monoisotopic (exact) mass is 458 g/mol. The third-order valence-electron chi connectivity index (χ3n) is 5.06. The fourth-order valence-corrected chi connectivity index (χ4v) is 3.90. The molecule has 0 radical (unpaired) electrons. The van der Waals surface area contributed by atoms with E-state index in [-0.39, 0.29) is 11.9 Å². The zero-order chi connectivity index (χ0) is 20.6. The van der Waals surface area contributed by atoms with Crippen LogP contribution in [-0.2, 0) is 11.2 Å². The van der Waals surface area contributed by atoms with E-state index in [0.29, 0.717) is 30.7 Å². The van der Waals surface area contributed by atoms with Crippen LogP contribution in [0.4, 0.5) is 5.69 Å². The predicted molar refractivity (Wildman–Crippen MR) is 119 cm³/mol. The summed E-state index contributed by atoms with van der Waals surface area (Å²) in [6.45, 7) is 4.67. The minimum Gasteiger partial charge on any atom is -0.462 e. The molecule has 0 atom stereocenters. The van der Waals surface area contributed by atoms with Crippen molar-refractivity contribution in [3.8, 4) is 0 Å². The fraction of sp³-hybridized carbons (Fsp3) is 0.391. The maximum Gasteiger partial charge on any atom is 0.338 e. The van der Waals surface area contributed by atoms with Gasteiger partial charge in [-0.15, -0.1) is 0 Å². The lowest BCUT2D eigenvalue weighted by Crippen LogP contribution is -2.33. The van der Waals surface area contributed by atoms with Gasteiger partial charge in [-0.1, -0.05) is 28.1 Å². The molecule has 6 heteroatoms. The minimum absolute atomic E-state index is 0.0602. The lowest BCUT2D eigenvalue weighted by Gasteiger charge is -2.30. The predicted octanol–water partition coefficient (Wildman–Crippen LogP) is 4.59. The highest BCUT2D eigenvalue weighted by atomic mass is 79.9. The van der Waals surface area contributed by atoms with Crippen molar-refractivity contribution in [3.05, 3.63) is 63.6 Å². The van der Waals surface area contributed by atoms with E-state index in [2.05, 4.69) is 26.1 Å². The average molecular weight is 459 g/mol. The zero-order valence-corrected chi connectivity index (χ0v) is 18.3. The molecular weight excluding hydrogens is 432 g/mol.